The van der Waals surface area contributed by atoms with Gasteiger partial charge in [-0.1, -0.05) is 110 Å². The van der Waals surface area contributed by atoms with Gasteiger partial charge in [-0.3, -0.25) is 14.3 Å². The molecule has 5 atom stereocenters. The summed E-state index contributed by atoms with van der Waals surface area (Å²) in [6.07, 6.45) is 7.04. The number of halogens is 1. The van der Waals surface area contributed by atoms with Crippen molar-refractivity contribution in [3.05, 3.63) is 124 Å². The van der Waals surface area contributed by atoms with E-state index in [9.17, 15) is 14.7 Å². The van der Waals surface area contributed by atoms with Gasteiger partial charge in [0.15, 0.2) is 0 Å². The van der Waals surface area contributed by atoms with Gasteiger partial charge in [0, 0.05) is 5.02 Å². The van der Waals surface area contributed by atoms with Crippen molar-refractivity contribution in [1.82, 2.24) is 20.4 Å². The van der Waals surface area contributed by atoms with Crippen molar-refractivity contribution in [3.63, 3.8) is 0 Å². The Hall–Kier alpha value is -4.02. The highest BCUT2D eigenvalue weighted by atomic mass is 35.5. The van der Waals surface area contributed by atoms with Crippen LogP contribution in [0, 0.1) is 0 Å². The number of aliphatic hydroxyl groups is 1. The molecule has 0 spiro atoms. The van der Waals surface area contributed by atoms with Gasteiger partial charge in [0.2, 0.25) is 5.91 Å². The molecule has 3 aromatic carbocycles. The van der Waals surface area contributed by atoms with Gasteiger partial charge in [0.1, 0.15) is 17.8 Å². The highest BCUT2D eigenvalue weighted by Crippen LogP contribution is 2.30. The van der Waals surface area contributed by atoms with Gasteiger partial charge < -0.3 is 25.2 Å². The van der Waals surface area contributed by atoms with Crippen LogP contribution < -0.4 is 10.6 Å². The normalized spacial score (nSPS) is 22.0. The van der Waals surface area contributed by atoms with E-state index < -0.39 is 5.60 Å². The second-order valence-corrected chi connectivity index (χ2v) is 14.1. The summed E-state index contributed by atoms with van der Waals surface area (Å²) in [7, 11) is 0. The van der Waals surface area contributed by atoms with Crippen molar-refractivity contribution in [2.24, 2.45) is 0 Å². The predicted octanol–water partition coefficient (Wildman–Crippen LogP) is 6.69. The summed E-state index contributed by atoms with van der Waals surface area (Å²) in [4.78, 5) is 27.7. The molecule has 0 saturated heterocycles. The predicted molar refractivity (Wildman–Crippen MR) is 193 cm³/mol. The number of amides is 2. The molecule has 3 N–H and O–H groups in total. The highest BCUT2D eigenvalue weighted by Gasteiger charge is 2.34. The summed E-state index contributed by atoms with van der Waals surface area (Å²) in [6.45, 7) is 2.36. The Balaban J connectivity index is 1.19. The zero-order chi connectivity index (χ0) is 34.9. The molecular weight excluding hydrogens is 652 g/mol. The lowest BCUT2D eigenvalue weighted by molar-refractivity contribution is -0.124. The largest absolute Gasteiger partial charge is 0.379 e. The van der Waals surface area contributed by atoms with E-state index in [-0.39, 0.29) is 54.0 Å². The molecule has 4 aromatic rings. The maximum atomic E-state index is 14.0. The number of hydrogen-bond donors (Lipinski definition) is 3. The lowest BCUT2D eigenvalue weighted by atomic mass is 9.91. The van der Waals surface area contributed by atoms with Crippen molar-refractivity contribution in [3.8, 4) is 0 Å². The first-order valence-electron chi connectivity index (χ1n) is 17.7. The molecule has 2 fully saturated rings. The number of benzene rings is 3. The molecule has 6 rings (SSSR count). The smallest absolute Gasteiger partial charge is 0.269 e. The van der Waals surface area contributed by atoms with Crippen molar-refractivity contribution in [2.75, 3.05) is 0 Å². The molecule has 0 aliphatic heterocycles. The monoisotopic (exact) mass is 698 g/mol. The second-order valence-electron chi connectivity index (χ2n) is 13.6. The number of carbonyl (C=O) groups is 2. The lowest BCUT2D eigenvalue weighted by Crippen LogP contribution is -2.48. The van der Waals surface area contributed by atoms with Crippen molar-refractivity contribution < 1.29 is 24.2 Å². The van der Waals surface area contributed by atoms with E-state index in [1.807, 2.05) is 60.7 Å². The van der Waals surface area contributed by atoms with Crippen LogP contribution in [0.15, 0.2) is 91.0 Å². The number of nitrogens with one attached hydrogen (secondary N) is 2. The van der Waals surface area contributed by atoms with Gasteiger partial charge in [0.25, 0.3) is 5.91 Å². The number of carbonyl (C=O) groups excluding carboxylic acids is 2. The summed E-state index contributed by atoms with van der Waals surface area (Å²) in [6, 6.07) is 28.1. The minimum absolute atomic E-state index is 0.117. The van der Waals surface area contributed by atoms with Crippen LogP contribution in [0.2, 0.25) is 5.02 Å². The molecule has 2 aliphatic rings. The van der Waals surface area contributed by atoms with E-state index in [1.54, 1.807) is 37.3 Å². The van der Waals surface area contributed by atoms with Crippen LogP contribution in [0.3, 0.4) is 0 Å². The van der Waals surface area contributed by atoms with E-state index in [0.29, 0.717) is 23.8 Å². The Bertz CT molecular complexity index is 1700. The number of hydrogen-bond acceptors (Lipinski definition) is 6. The Kier molecular flexibility index (Phi) is 12.0. The Morgan fingerprint density at radius 1 is 0.800 bits per heavy atom. The zero-order valence-electron chi connectivity index (χ0n) is 28.6. The van der Waals surface area contributed by atoms with Crippen LogP contribution >= 0.6 is 11.6 Å². The average Bonchev–Trinajstić information content (AvgIpc) is 3.56. The fourth-order valence-electron chi connectivity index (χ4n) is 6.99. The molecule has 9 nitrogen and oxygen atoms in total. The van der Waals surface area contributed by atoms with Crippen molar-refractivity contribution in [2.45, 2.75) is 108 Å². The molecule has 50 heavy (non-hydrogen) atoms. The Morgan fingerprint density at radius 2 is 1.32 bits per heavy atom. The van der Waals surface area contributed by atoms with Crippen LogP contribution in [0.25, 0.3) is 0 Å². The summed E-state index contributed by atoms with van der Waals surface area (Å²) in [5, 5.41) is 23.3. The van der Waals surface area contributed by atoms with Crippen molar-refractivity contribution in [1.29, 1.82) is 0 Å². The van der Waals surface area contributed by atoms with Gasteiger partial charge in [-0.15, -0.1) is 0 Å². The van der Waals surface area contributed by atoms with Gasteiger partial charge in [-0.2, -0.15) is 5.10 Å². The first-order valence-corrected chi connectivity index (χ1v) is 18.1. The van der Waals surface area contributed by atoms with Crippen molar-refractivity contribution >= 4 is 23.4 Å². The van der Waals surface area contributed by atoms with Gasteiger partial charge in [-0.05, 0) is 67.5 Å². The third kappa shape index (κ3) is 9.20. The molecule has 264 valence electrons. The minimum atomic E-state index is -1.55. The first-order chi connectivity index (χ1) is 24.3. The van der Waals surface area contributed by atoms with Crippen LogP contribution in [0.1, 0.15) is 91.2 Å². The SMILES string of the molecule is CC(O)(c1ccc(Cl)cc1)c1cc(C(=O)N[C@H]2CCCC[C@@H]2OCc2ccccc2)n(CC(=O)N[C@H]2CCCC[C@@H]2OCc2ccccc2)n1. The minimum Gasteiger partial charge on any atom is -0.379 e. The molecule has 1 aromatic heterocycles. The fourth-order valence-corrected chi connectivity index (χ4v) is 7.11. The highest BCUT2D eigenvalue weighted by molar-refractivity contribution is 6.30. The van der Waals surface area contributed by atoms with E-state index in [4.69, 9.17) is 21.1 Å². The van der Waals surface area contributed by atoms with Crippen LogP contribution in [-0.2, 0) is 39.6 Å². The first kappa shape index (κ1) is 35.8. The standard InChI is InChI=1S/C40H47ClN4O5/c1-40(48,30-20-22-31(41)23-21-30)37-24-34(39(47)43-33-17-9-11-19-36(33)50-27-29-14-6-3-7-15-29)45(44-37)25-38(46)42-32-16-8-10-18-35(32)49-26-28-12-4-2-5-13-28/h2-7,12-15,20-24,32-33,35-36,48H,8-11,16-19,25-27H2,1H3,(H,42,46)(H,43,47)/t32-,33-,35-,36-,40?/m0/s1. The Labute approximate surface area is 299 Å². The zero-order valence-corrected chi connectivity index (χ0v) is 29.4. The molecule has 0 bridgehead atoms. The molecule has 2 amide bonds. The maximum Gasteiger partial charge on any atom is 0.269 e. The number of rotatable bonds is 13. The third-order valence-corrected chi connectivity index (χ3v) is 10.1. The van der Waals surface area contributed by atoms with E-state index >= 15 is 0 Å². The van der Waals surface area contributed by atoms with Gasteiger partial charge in [0.05, 0.1) is 43.2 Å². The molecular formula is C40H47ClN4O5. The average molecular weight is 699 g/mol. The topological polar surface area (TPSA) is 115 Å². The maximum absolute atomic E-state index is 14.0. The lowest BCUT2D eigenvalue weighted by Gasteiger charge is -2.32. The van der Waals surface area contributed by atoms with E-state index in [0.717, 1.165) is 62.5 Å². The van der Waals surface area contributed by atoms with Crippen LogP contribution in [0.5, 0.6) is 0 Å². The van der Waals surface area contributed by atoms with Crippen LogP contribution in [0.4, 0.5) is 0 Å². The van der Waals surface area contributed by atoms with Crippen LogP contribution in [-0.4, -0.2) is 51.0 Å². The van der Waals surface area contributed by atoms with E-state index in [1.165, 1.54) is 4.68 Å². The number of aromatic nitrogens is 2. The molecule has 10 heteroatoms. The van der Waals surface area contributed by atoms with Gasteiger partial charge in [-0.25, -0.2) is 0 Å². The fraction of sp³-hybridized carbons (Fsp3) is 0.425. The molecule has 2 saturated carbocycles. The quantitative estimate of drug-likeness (QED) is 0.143. The number of nitrogens with zero attached hydrogens (tertiary/aromatic N) is 2. The Morgan fingerprint density at radius 3 is 1.88 bits per heavy atom. The molecule has 1 heterocycles. The summed E-state index contributed by atoms with van der Waals surface area (Å²) in [5.74, 6) is -0.646. The third-order valence-electron chi connectivity index (χ3n) is 9.89. The summed E-state index contributed by atoms with van der Waals surface area (Å²) in [5.41, 5.74) is 1.61. The molecule has 0 radical (unpaired) electrons. The molecule has 1 unspecified atom stereocenters. The summed E-state index contributed by atoms with van der Waals surface area (Å²) >= 11 is 6.12. The summed E-state index contributed by atoms with van der Waals surface area (Å²) < 4.78 is 14.0. The number of ether oxygens (including phenoxy) is 2. The van der Waals surface area contributed by atoms with Gasteiger partial charge >= 0.3 is 0 Å². The second kappa shape index (κ2) is 16.8. The van der Waals surface area contributed by atoms with E-state index in [2.05, 4.69) is 15.7 Å². The molecule has 2 aliphatic carbocycles.